The number of nitrogens with one attached hydrogen (secondary N) is 1. The maximum Gasteiger partial charge on any atom is 0.322 e. The van der Waals surface area contributed by atoms with Crippen molar-refractivity contribution in [3.8, 4) is 0 Å². The number of carbonyl (C=O) groups is 1. The summed E-state index contributed by atoms with van der Waals surface area (Å²) in [6, 6.07) is 16.5. The highest BCUT2D eigenvalue weighted by Gasteiger charge is 2.22. The summed E-state index contributed by atoms with van der Waals surface area (Å²) in [4.78, 5) is 18.0. The summed E-state index contributed by atoms with van der Waals surface area (Å²) in [6.07, 6.45) is 0.944. The molecule has 3 rings (SSSR count). The van der Waals surface area contributed by atoms with Crippen LogP contribution in [0.2, 0.25) is 0 Å². The number of para-hydroxylation sites is 1. The van der Waals surface area contributed by atoms with Gasteiger partial charge in [-0.2, -0.15) is 0 Å². The topological polar surface area (TPSA) is 35.6 Å². The molecule has 5 heteroatoms. The van der Waals surface area contributed by atoms with Gasteiger partial charge in [0, 0.05) is 17.2 Å². The summed E-state index contributed by atoms with van der Waals surface area (Å²) >= 11 is 1.79. The molecule has 4 nitrogen and oxygen atoms in total. The van der Waals surface area contributed by atoms with Gasteiger partial charge in [-0.25, -0.2) is 4.79 Å². The number of fused-ring (bicyclic) bond motifs is 2. The molecular weight excluding hydrogens is 330 g/mol. The maximum atomic E-state index is 12.9. The van der Waals surface area contributed by atoms with Crippen LogP contribution in [0, 0.1) is 0 Å². The molecule has 1 aliphatic heterocycles. The summed E-state index contributed by atoms with van der Waals surface area (Å²) < 4.78 is 0. The fourth-order valence-corrected chi connectivity index (χ4v) is 4.03. The Morgan fingerprint density at radius 2 is 1.84 bits per heavy atom. The molecule has 1 aliphatic rings. The molecule has 0 spiro atoms. The van der Waals surface area contributed by atoms with Crippen molar-refractivity contribution < 1.29 is 4.79 Å². The largest absolute Gasteiger partial charge is 0.338 e. The molecule has 132 valence electrons. The van der Waals surface area contributed by atoms with Crippen molar-refractivity contribution in [3.63, 3.8) is 0 Å². The first-order chi connectivity index (χ1) is 12.1. The summed E-state index contributed by atoms with van der Waals surface area (Å²) in [5.41, 5.74) is 3.51. The minimum Gasteiger partial charge on any atom is -0.338 e. The highest BCUT2D eigenvalue weighted by Crippen LogP contribution is 2.36. The SMILES string of the molecule is CN(C)CCCNC(=O)N1Cc2ccccc2CSc2ccccc21. The number of hydrogen-bond acceptors (Lipinski definition) is 3. The second kappa shape index (κ2) is 8.41. The third-order valence-electron chi connectivity index (χ3n) is 4.29. The molecule has 0 atom stereocenters. The van der Waals surface area contributed by atoms with Crippen LogP contribution >= 0.6 is 11.8 Å². The molecule has 2 aromatic carbocycles. The van der Waals surface area contributed by atoms with Crippen molar-refractivity contribution in [2.75, 3.05) is 32.1 Å². The van der Waals surface area contributed by atoms with Crippen LogP contribution in [0.5, 0.6) is 0 Å². The van der Waals surface area contributed by atoms with E-state index in [0.29, 0.717) is 13.1 Å². The molecule has 0 saturated carbocycles. The van der Waals surface area contributed by atoms with E-state index >= 15 is 0 Å². The lowest BCUT2D eigenvalue weighted by Crippen LogP contribution is -2.41. The minimum atomic E-state index is -0.0245. The van der Waals surface area contributed by atoms with Gasteiger partial charge in [0.15, 0.2) is 0 Å². The first kappa shape index (κ1) is 17.8. The van der Waals surface area contributed by atoms with Gasteiger partial charge >= 0.3 is 6.03 Å². The average Bonchev–Trinajstić information content (AvgIpc) is 2.60. The number of benzene rings is 2. The van der Waals surface area contributed by atoms with Crippen LogP contribution in [0.25, 0.3) is 0 Å². The number of anilines is 1. The highest BCUT2D eigenvalue weighted by molar-refractivity contribution is 7.98. The summed E-state index contributed by atoms with van der Waals surface area (Å²) in [7, 11) is 4.09. The van der Waals surface area contributed by atoms with Crippen LogP contribution in [0.4, 0.5) is 10.5 Å². The van der Waals surface area contributed by atoms with E-state index in [1.54, 1.807) is 11.8 Å². The lowest BCUT2D eigenvalue weighted by molar-refractivity contribution is 0.245. The summed E-state index contributed by atoms with van der Waals surface area (Å²) in [5.74, 6) is 0.936. The Hall–Kier alpha value is -1.98. The van der Waals surface area contributed by atoms with E-state index in [1.165, 1.54) is 11.1 Å². The summed E-state index contributed by atoms with van der Waals surface area (Å²) in [6.45, 7) is 2.26. The number of carbonyl (C=O) groups excluding carboxylic acids is 1. The van der Waals surface area contributed by atoms with E-state index in [-0.39, 0.29) is 6.03 Å². The third-order valence-corrected chi connectivity index (χ3v) is 5.40. The number of urea groups is 1. The lowest BCUT2D eigenvalue weighted by atomic mass is 10.1. The molecule has 0 aliphatic carbocycles. The van der Waals surface area contributed by atoms with Crippen LogP contribution in [0.3, 0.4) is 0 Å². The minimum absolute atomic E-state index is 0.0245. The Morgan fingerprint density at radius 1 is 1.12 bits per heavy atom. The van der Waals surface area contributed by atoms with E-state index in [4.69, 9.17) is 0 Å². The predicted molar refractivity (Wildman–Crippen MR) is 105 cm³/mol. The number of amides is 2. The molecule has 25 heavy (non-hydrogen) atoms. The molecule has 1 N–H and O–H groups in total. The molecule has 0 fully saturated rings. The monoisotopic (exact) mass is 355 g/mol. The van der Waals surface area contributed by atoms with Gasteiger partial charge in [-0.05, 0) is 50.3 Å². The smallest absolute Gasteiger partial charge is 0.322 e. The van der Waals surface area contributed by atoms with E-state index in [0.717, 1.165) is 29.3 Å². The van der Waals surface area contributed by atoms with Crippen molar-refractivity contribution in [2.24, 2.45) is 0 Å². The summed E-state index contributed by atoms with van der Waals surface area (Å²) in [5, 5.41) is 3.08. The third kappa shape index (κ3) is 4.55. The molecule has 0 radical (unpaired) electrons. The normalized spacial score (nSPS) is 13.6. The number of nitrogens with zero attached hydrogens (tertiary/aromatic N) is 2. The van der Waals surface area contributed by atoms with E-state index in [9.17, 15) is 4.79 Å². The molecule has 2 aromatic rings. The maximum absolute atomic E-state index is 12.9. The zero-order valence-electron chi connectivity index (χ0n) is 14.9. The van der Waals surface area contributed by atoms with Gasteiger partial charge in [0.2, 0.25) is 0 Å². The zero-order valence-corrected chi connectivity index (χ0v) is 15.7. The van der Waals surface area contributed by atoms with Gasteiger partial charge in [0.1, 0.15) is 0 Å². The molecule has 0 unspecified atom stereocenters. The van der Waals surface area contributed by atoms with E-state index < -0.39 is 0 Å². The highest BCUT2D eigenvalue weighted by atomic mass is 32.2. The molecule has 0 saturated heterocycles. The van der Waals surface area contributed by atoms with Crippen LogP contribution in [-0.4, -0.2) is 38.1 Å². The fourth-order valence-electron chi connectivity index (χ4n) is 2.93. The van der Waals surface area contributed by atoms with Crippen LogP contribution in [0.1, 0.15) is 17.5 Å². The van der Waals surface area contributed by atoms with Gasteiger partial charge in [-0.1, -0.05) is 36.4 Å². The number of thioether (sulfide) groups is 1. The van der Waals surface area contributed by atoms with Crippen LogP contribution in [0.15, 0.2) is 53.4 Å². The predicted octanol–water partition coefficient (Wildman–Crippen LogP) is 3.96. The molecule has 0 aromatic heterocycles. The number of rotatable bonds is 4. The van der Waals surface area contributed by atoms with E-state index in [1.807, 2.05) is 43.3 Å². The second-order valence-corrected chi connectivity index (χ2v) is 7.52. The van der Waals surface area contributed by atoms with Crippen molar-refractivity contribution in [3.05, 3.63) is 59.7 Å². The zero-order chi connectivity index (χ0) is 17.6. The number of hydrogen-bond donors (Lipinski definition) is 1. The quantitative estimate of drug-likeness (QED) is 0.843. The average molecular weight is 356 g/mol. The standard InChI is InChI=1S/C20H25N3OS/c1-22(2)13-7-12-21-20(24)23-14-16-8-3-4-9-17(16)15-25-19-11-6-5-10-18(19)23/h3-6,8-11H,7,12-15H2,1-2H3,(H,21,24). The van der Waals surface area contributed by atoms with Gasteiger partial charge in [-0.15, -0.1) is 11.8 Å². The van der Waals surface area contributed by atoms with E-state index in [2.05, 4.69) is 34.5 Å². The van der Waals surface area contributed by atoms with Gasteiger partial charge in [0.05, 0.1) is 12.2 Å². The Bertz CT molecular complexity index is 732. The molecular formula is C20H25N3OS. The second-order valence-electron chi connectivity index (χ2n) is 6.50. The van der Waals surface area contributed by atoms with Crippen molar-refractivity contribution in [1.82, 2.24) is 10.2 Å². The first-order valence-electron chi connectivity index (χ1n) is 8.64. The van der Waals surface area contributed by atoms with Gasteiger partial charge in [-0.3, -0.25) is 4.90 Å². The Labute approximate surface area is 154 Å². The first-order valence-corrected chi connectivity index (χ1v) is 9.62. The van der Waals surface area contributed by atoms with Gasteiger partial charge < -0.3 is 10.2 Å². The molecule has 0 bridgehead atoms. The van der Waals surface area contributed by atoms with Crippen molar-refractivity contribution in [2.45, 2.75) is 23.6 Å². The van der Waals surface area contributed by atoms with Crippen LogP contribution < -0.4 is 10.2 Å². The van der Waals surface area contributed by atoms with Gasteiger partial charge in [0.25, 0.3) is 0 Å². The van der Waals surface area contributed by atoms with Crippen molar-refractivity contribution in [1.29, 1.82) is 0 Å². The molecule has 1 heterocycles. The Balaban J connectivity index is 1.80. The Morgan fingerprint density at radius 3 is 2.64 bits per heavy atom. The van der Waals surface area contributed by atoms with Crippen LogP contribution in [-0.2, 0) is 12.3 Å². The lowest BCUT2D eigenvalue weighted by Gasteiger charge is -2.28. The van der Waals surface area contributed by atoms with Crippen molar-refractivity contribution >= 4 is 23.5 Å². The fraction of sp³-hybridized carbons (Fsp3) is 0.350. The molecule has 2 amide bonds. The Kier molecular flexibility index (Phi) is 6.00.